The standard InChI is InChI=1S/C13H18O9/c1-6(14)11(19)13(22-9(4)17)12(21-8(3)16)10(18)5-20-7(2)15/h10,12-13,18H,5H2,1-4H3/t10-,12-,13+/m1/s1. The van der Waals surface area contributed by atoms with Crippen molar-refractivity contribution in [2.45, 2.75) is 46.0 Å². The summed E-state index contributed by atoms with van der Waals surface area (Å²) in [6.07, 6.45) is -5.18. The highest BCUT2D eigenvalue weighted by molar-refractivity contribution is 6.38. The molecule has 9 nitrogen and oxygen atoms in total. The zero-order chi connectivity index (χ0) is 17.4. The molecule has 0 aliphatic heterocycles. The first-order valence-electron chi connectivity index (χ1n) is 6.26. The Morgan fingerprint density at radius 1 is 0.864 bits per heavy atom. The molecule has 0 saturated carbocycles. The van der Waals surface area contributed by atoms with Crippen molar-refractivity contribution in [3.8, 4) is 0 Å². The van der Waals surface area contributed by atoms with Crippen LogP contribution in [-0.2, 0) is 38.2 Å². The number of esters is 3. The van der Waals surface area contributed by atoms with Crippen molar-refractivity contribution in [1.29, 1.82) is 0 Å². The molecule has 0 aliphatic carbocycles. The van der Waals surface area contributed by atoms with Crippen molar-refractivity contribution in [2.75, 3.05) is 6.61 Å². The summed E-state index contributed by atoms with van der Waals surface area (Å²) in [5, 5.41) is 9.91. The Bertz CT molecular complexity index is 468. The first-order chi connectivity index (χ1) is 10.1. The Morgan fingerprint density at radius 3 is 1.73 bits per heavy atom. The van der Waals surface area contributed by atoms with E-state index in [9.17, 15) is 29.1 Å². The number of carbonyl (C=O) groups excluding carboxylic acids is 5. The molecular weight excluding hydrogens is 300 g/mol. The van der Waals surface area contributed by atoms with Gasteiger partial charge in [0.1, 0.15) is 12.7 Å². The van der Waals surface area contributed by atoms with E-state index in [4.69, 9.17) is 4.74 Å². The van der Waals surface area contributed by atoms with Crippen LogP contribution in [0, 0.1) is 0 Å². The topological polar surface area (TPSA) is 133 Å². The van der Waals surface area contributed by atoms with Crippen LogP contribution in [0.15, 0.2) is 0 Å². The smallest absolute Gasteiger partial charge is 0.303 e. The third-order valence-corrected chi connectivity index (χ3v) is 2.34. The Hall–Kier alpha value is -2.29. The summed E-state index contributed by atoms with van der Waals surface area (Å²) < 4.78 is 14.0. The summed E-state index contributed by atoms with van der Waals surface area (Å²) in [6.45, 7) is 3.37. The second-order valence-corrected chi connectivity index (χ2v) is 4.39. The third kappa shape index (κ3) is 6.93. The molecule has 9 heteroatoms. The van der Waals surface area contributed by atoms with E-state index in [2.05, 4.69) is 9.47 Å². The average molecular weight is 318 g/mol. The van der Waals surface area contributed by atoms with E-state index in [1.54, 1.807) is 0 Å². The van der Waals surface area contributed by atoms with Gasteiger partial charge in [0, 0.05) is 27.7 Å². The van der Waals surface area contributed by atoms with Gasteiger partial charge in [-0.25, -0.2) is 0 Å². The van der Waals surface area contributed by atoms with Crippen molar-refractivity contribution >= 4 is 29.5 Å². The normalized spacial score (nSPS) is 14.2. The largest absolute Gasteiger partial charge is 0.463 e. The summed E-state index contributed by atoms with van der Waals surface area (Å²) in [5.41, 5.74) is 0. The van der Waals surface area contributed by atoms with Gasteiger partial charge in [-0.3, -0.25) is 24.0 Å². The van der Waals surface area contributed by atoms with Crippen LogP contribution < -0.4 is 0 Å². The zero-order valence-electron chi connectivity index (χ0n) is 12.7. The number of ether oxygens (including phenoxy) is 3. The fourth-order valence-corrected chi connectivity index (χ4v) is 1.48. The number of hydrogen-bond donors (Lipinski definition) is 1. The van der Waals surface area contributed by atoms with Gasteiger partial charge in [-0.2, -0.15) is 0 Å². The Balaban J connectivity index is 5.39. The molecule has 0 fully saturated rings. The van der Waals surface area contributed by atoms with E-state index in [-0.39, 0.29) is 0 Å². The lowest BCUT2D eigenvalue weighted by Crippen LogP contribution is -2.50. The van der Waals surface area contributed by atoms with Crippen LogP contribution >= 0.6 is 0 Å². The van der Waals surface area contributed by atoms with Crippen LogP contribution in [0.2, 0.25) is 0 Å². The van der Waals surface area contributed by atoms with E-state index >= 15 is 0 Å². The average Bonchev–Trinajstić information content (AvgIpc) is 2.38. The first kappa shape index (κ1) is 19.7. The van der Waals surface area contributed by atoms with E-state index in [1.807, 2.05) is 0 Å². The Labute approximate surface area is 126 Å². The van der Waals surface area contributed by atoms with Gasteiger partial charge < -0.3 is 19.3 Å². The van der Waals surface area contributed by atoms with Gasteiger partial charge in [0.15, 0.2) is 11.9 Å². The monoisotopic (exact) mass is 318 g/mol. The molecule has 0 heterocycles. The number of ketones is 2. The third-order valence-electron chi connectivity index (χ3n) is 2.34. The SMILES string of the molecule is CC(=O)OC[C@@H](O)[C@@H](OC(C)=O)[C@@H](OC(C)=O)C(=O)C(C)=O. The highest BCUT2D eigenvalue weighted by atomic mass is 16.6. The van der Waals surface area contributed by atoms with Crippen molar-refractivity contribution < 1.29 is 43.3 Å². The summed E-state index contributed by atoms with van der Waals surface area (Å²) in [4.78, 5) is 55.9. The molecule has 0 spiro atoms. The summed E-state index contributed by atoms with van der Waals surface area (Å²) >= 11 is 0. The second-order valence-electron chi connectivity index (χ2n) is 4.39. The van der Waals surface area contributed by atoms with Crippen LogP contribution in [0.5, 0.6) is 0 Å². The molecule has 0 aromatic rings. The number of Topliss-reactive ketones (excluding diaryl/α,β-unsaturated/α-hetero) is 2. The highest BCUT2D eigenvalue weighted by Crippen LogP contribution is 2.13. The van der Waals surface area contributed by atoms with E-state index in [0.717, 1.165) is 27.7 Å². The van der Waals surface area contributed by atoms with Crippen LogP contribution in [0.3, 0.4) is 0 Å². The van der Waals surface area contributed by atoms with Gasteiger partial charge >= 0.3 is 17.9 Å². The van der Waals surface area contributed by atoms with Gasteiger partial charge in [0.2, 0.25) is 11.9 Å². The lowest BCUT2D eigenvalue weighted by molar-refractivity contribution is -0.182. The van der Waals surface area contributed by atoms with E-state index in [1.165, 1.54) is 0 Å². The number of hydrogen-bond acceptors (Lipinski definition) is 9. The minimum absolute atomic E-state index is 0.615. The molecule has 0 radical (unpaired) electrons. The Morgan fingerprint density at radius 2 is 1.36 bits per heavy atom. The lowest BCUT2D eigenvalue weighted by Gasteiger charge is -2.28. The highest BCUT2D eigenvalue weighted by Gasteiger charge is 2.40. The van der Waals surface area contributed by atoms with Crippen molar-refractivity contribution in [1.82, 2.24) is 0 Å². The summed E-state index contributed by atoms with van der Waals surface area (Å²) in [5.74, 6) is -4.65. The lowest BCUT2D eigenvalue weighted by atomic mass is 10.0. The zero-order valence-corrected chi connectivity index (χ0v) is 12.7. The summed E-state index contributed by atoms with van der Waals surface area (Å²) in [7, 11) is 0. The minimum atomic E-state index is -1.83. The molecule has 0 rings (SSSR count). The van der Waals surface area contributed by atoms with Crippen molar-refractivity contribution in [3.05, 3.63) is 0 Å². The molecule has 0 unspecified atom stereocenters. The molecule has 0 amide bonds. The molecule has 0 aliphatic rings. The first-order valence-corrected chi connectivity index (χ1v) is 6.26. The van der Waals surface area contributed by atoms with Gasteiger partial charge in [-0.15, -0.1) is 0 Å². The van der Waals surface area contributed by atoms with Crippen LogP contribution in [-0.4, -0.2) is 59.5 Å². The second kappa shape index (κ2) is 8.88. The van der Waals surface area contributed by atoms with Crippen molar-refractivity contribution in [2.24, 2.45) is 0 Å². The molecule has 124 valence electrons. The van der Waals surface area contributed by atoms with E-state index < -0.39 is 54.4 Å². The molecular formula is C13H18O9. The van der Waals surface area contributed by atoms with Gasteiger partial charge in [0.05, 0.1) is 0 Å². The number of carbonyl (C=O) groups is 5. The van der Waals surface area contributed by atoms with Gasteiger partial charge in [-0.05, 0) is 0 Å². The van der Waals surface area contributed by atoms with Gasteiger partial charge in [-0.1, -0.05) is 0 Å². The predicted octanol–water partition coefficient (Wildman–Crippen LogP) is -1.07. The Kier molecular flexibility index (Phi) is 7.95. The number of aliphatic hydroxyl groups excluding tert-OH is 1. The summed E-state index contributed by atoms with van der Waals surface area (Å²) in [6, 6.07) is 0. The molecule has 0 aromatic heterocycles. The maximum absolute atomic E-state index is 11.8. The van der Waals surface area contributed by atoms with Crippen molar-refractivity contribution in [3.63, 3.8) is 0 Å². The van der Waals surface area contributed by atoms with Crippen LogP contribution in [0.1, 0.15) is 27.7 Å². The maximum atomic E-state index is 11.8. The van der Waals surface area contributed by atoms with Crippen LogP contribution in [0.4, 0.5) is 0 Å². The van der Waals surface area contributed by atoms with E-state index in [0.29, 0.717) is 0 Å². The quantitative estimate of drug-likeness (QED) is 0.337. The molecule has 1 N–H and O–H groups in total. The fourth-order valence-electron chi connectivity index (χ4n) is 1.48. The molecule has 0 bridgehead atoms. The number of rotatable bonds is 8. The molecule has 0 saturated heterocycles. The maximum Gasteiger partial charge on any atom is 0.303 e. The number of aliphatic hydroxyl groups is 1. The molecule has 22 heavy (non-hydrogen) atoms. The minimum Gasteiger partial charge on any atom is -0.463 e. The molecule has 0 aromatic carbocycles. The van der Waals surface area contributed by atoms with Gasteiger partial charge in [0.25, 0.3) is 0 Å². The van der Waals surface area contributed by atoms with Crippen LogP contribution in [0.25, 0.3) is 0 Å². The predicted molar refractivity (Wildman–Crippen MR) is 69.4 cm³/mol. The fraction of sp³-hybridized carbons (Fsp3) is 0.615. The molecule has 3 atom stereocenters.